The second-order valence-electron chi connectivity index (χ2n) is 6.60. The molecule has 1 aliphatic rings. The Balaban J connectivity index is 1.45. The van der Waals surface area contributed by atoms with Gasteiger partial charge < -0.3 is 10.2 Å². The highest BCUT2D eigenvalue weighted by atomic mass is 32.2. The first kappa shape index (κ1) is 20.5. The number of anilines is 1. The van der Waals surface area contributed by atoms with E-state index in [0.717, 1.165) is 38.4 Å². The van der Waals surface area contributed by atoms with Crippen LogP contribution in [0.1, 0.15) is 5.56 Å². The standard InChI is InChI=1S/C20H24N4O2S2/c21-28(25,26)19-10-8-18(9-11-19)22-20(27)24-15-13-23(14-16-24)12-4-7-17-5-2-1-3-6-17/h1-11H,12-16H2,(H,22,27)(H2,21,25,26). The van der Waals surface area contributed by atoms with Crippen LogP contribution in [0.5, 0.6) is 0 Å². The fourth-order valence-electron chi connectivity index (χ4n) is 2.97. The molecule has 6 nitrogen and oxygen atoms in total. The lowest BCUT2D eigenvalue weighted by molar-refractivity contribution is 0.200. The van der Waals surface area contributed by atoms with E-state index in [1.54, 1.807) is 12.1 Å². The molecule has 0 aromatic heterocycles. The number of hydrogen-bond acceptors (Lipinski definition) is 4. The number of nitrogens with one attached hydrogen (secondary N) is 1. The Morgan fingerprint density at radius 1 is 1.04 bits per heavy atom. The number of primary sulfonamides is 1. The highest BCUT2D eigenvalue weighted by Gasteiger charge is 2.18. The Kier molecular flexibility index (Phi) is 6.79. The lowest BCUT2D eigenvalue weighted by Crippen LogP contribution is -2.49. The van der Waals surface area contributed by atoms with Crippen molar-refractivity contribution in [3.63, 3.8) is 0 Å². The molecule has 1 saturated heterocycles. The fraction of sp³-hybridized carbons (Fsp3) is 0.250. The molecule has 1 heterocycles. The van der Waals surface area contributed by atoms with Gasteiger partial charge in [-0.3, -0.25) is 4.90 Å². The summed E-state index contributed by atoms with van der Waals surface area (Å²) in [4.78, 5) is 4.60. The van der Waals surface area contributed by atoms with Crippen LogP contribution in [0, 0.1) is 0 Å². The van der Waals surface area contributed by atoms with E-state index in [-0.39, 0.29) is 4.90 Å². The Hall–Kier alpha value is -2.26. The topological polar surface area (TPSA) is 78.7 Å². The minimum atomic E-state index is -3.68. The maximum atomic E-state index is 11.3. The fourth-order valence-corrected chi connectivity index (χ4v) is 3.78. The van der Waals surface area contributed by atoms with Gasteiger partial charge in [0.2, 0.25) is 10.0 Å². The van der Waals surface area contributed by atoms with Crippen molar-refractivity contribution in [2.45, 2.75) is 4.90 Å². The molecule has 0 radical (unpaired) electrons. The third kappa shape index (κ3) is 5.87. The smallest absolute Gasteiger partial charge is 0.238 e. The first-order valence-electron chi connectivity index (χ1n) is 9.04. The number of nitrogens with zero attached hydrogens (tertiary/aromatic N) is 2. The summed E-state index contributed by atoms with van der Waals surface area (Å²) in [5.41, 5.74) is 1.95. The van der Waals surface area contributed by atoms with Gasteiger partial charge in [-0.1, -0.05) is 42.5 Å². The summed E-state index contributed by atoms with van der Waals surface area (Å²) in [6, 6.07) is 16.5. The molecule has 1 aliphatic heterocycles. The molecular weight excluding hydrogens is 392 g/mol. The molecule has 0 spiro atoms. The third-order valence-electron chi connectivity index (χ3n) is 4.57. The van der Waals surface area contributed by atoms with Gasteiger partial charge in [-0.05, 0) is 42.0 Å². The van der Waals surface area contributed by atoms with Crippen molar-refractivity contribution >= 4 is 39.1 Å². The number of hydrogen-bond donors (Lipinski definition) is 2. The maximum Gasteiger partial charge on any atom is 0.238 e. The molecule has 8 heteroatoms. The molecule has 0 atom stereocenters. The van der Waals surface area contributed by atoms with Crippen LogP contribution in [0.2, 0.25) is 0 Å². The highest BCUT2D eigenvalue weighted by Crippen LogP contribution is 2.14. The molecule has 2 aromatic rings. The van der Waals surface area contributed by atoms with E-state index in [1.165, 1.54) is 17.7 Å². The molecule has 0 bridgehead atoms. The van der Waals surface area contributed by atoms with E-state index in [0.29, 0.717) is 5.11 Å². The molecule has 1 fully saturated rings. The molecule has 2 aromatic carbocycles. The van der Waals surface area contributed by atoms with Gasteiger partial charge in [0, 0.05) is 38.4 Å². The van der Waals surface area contributed by atoms with Crippen LogP contribution < -0.4 is 10.5 Å². The quantitative estimate of drug-likeness (QED) is 0.729. The predicted molar refractivity (Wildman–Crippen MR) is 118 cm³/mol. The van der Waals surface area contributed by atoms with Gasteiger partial charge in [-0.15, -0.1) is 0 Å². The van der Waals surface area contributed by atoms with E-state index in [2.05, 4.69) is 39.4 Å². The zero-order valence-corrected chi connectivity index (χ0v) is 17.1. The van der Waals surface area contributed by atoms with Gasteiger partial charge in [0.25, 0.3) is 0 Å². The van der Waals surface area contributed by atoms with Crippen molar-refractivity contribution in [1.82, 2.24) is 9.80 Å². The zero-order chi connectivity index (χ0) is 20.0. The van der Waals surface area contributed by atoms with Gasteiger partial charge in [0.15, 0.2) is 5.11 Å². The van der Waals surface area contributed by atoms with E-state index in [4.69, 9.17) is 17.4 Å². The Morgan fingerprint density at radius 3 is 2.29 bits per heavy atom. The highest BCUT2D eigenvalue weighted by molar-refractivity contribution is 7.89. The first-order valence-corrected chi connectivity index (χ1v) is 11.0. The van der Waals surface area contributed by atoms with Crippen LogP contribution >= 0.6 is 12.2 Å². The molecular formula is C20H24N4O2S2. The van der Waals surface area contributed by atoms with E-state index in [9.17, 15) is 8.42 Å². The summed E-state index contributed by atoms with van der Waals surface area (Å²) in [5.74, 6) is 0. The van der Waals surface area contributed by atoms with Crippen molar-refractivity contribution in [2.24, 2.45) is 5.14 Å². The van der Waals surface area contributed by atoms with Crippen LogP contribution in [-0.4, -0.2) is 56.1 Å². The number of benzene rings is 2. The van der Waals surface area contributed by atoms with Crippen LogP contribution in [0.15, 0.2) is 65.6 Å². The maximum absolute atomic E-state index is 11.3. The Labute approximate surface area is 171 Å². The molecule has 0 aliphatic carbocycles. The van der Waals surface area contributed by atoms with Crippen molar-refractivity contribution < 1.29 is 8.42 Å². The average Bonchev–Trinajstić information content (AvgIpc) is 2.69. The summed E-state index contributed by atoms with van der Waals surface area (Å²) in [7, 11) is -3.68. The predicted octanol–water partition coefficient (Wildman–Crippen LogP) is 2.36. The SMILES string of the molecule is NS(=O)(=O)c1ccc(NC(=S)N2CCN(CC=Cc3ccccc3)CC2)cc1. The molecule has 148 valence electrons. The second kappa shape index (κ2) is 9.29. The van der Waals surface area contributed by atoms with Gasteiger partial charge >= 0.3 is 0 Å². The minimum Gasteiger partial charge on any atom is -0.346 e. The van der Waals surface area contributed by atoms with Gasteiger partial charge in [-0.2, -0.15) is 0 Å². The number of nitrogens with two attached hydrogens (primary N) is 1. The summed E-state index contributed by atoms with van der Waals surface area (Å²) < 4.78 is 22.6. The van der Waals surface area contributed by atoms with Crippen LogP contribution in [0.3, 0.4) is 0 Å². The van der Waals surface area contributed by atoms with Crippen LogP contribution in [0.25, 0.3) is 6.08 Å². The van der Waals surface area contributed by atoms with Crippen molar-refractivity contribution in [1.29, 1.82) is 0 Å². The van der Waals surface area contributed by atoms with Gasteiger partial charge in [0.05, 0.1) is 4.90 Å². The molecule has 3 rings (SSSR count). The number of rotatable bonds is 5. The number of piperazine rings is 1. The zero-order valence-electron chi connectivity index (χ0n) is 15.5. The normalized spacial score (nSPS) is 15.7. The largest absolute Gasteiger partial charge is 0.346 e. The minimum absolute atomic E-state index is 0.0844. The monoisotopic (exact) mass is 416 g/mol. The van der Waals surface area contributed by atoms with Gasteiger partial charge in [0.1, 0.15) is 0 Å². The van der Waals surface area contributed by atoms with E-state index in [1.807, 2.05) is 18.2 Å². The second-order valence-corrected chi connectivity index (χ2v) is 8.55. The van der Waals surface area contributed by atoms with Crippen LogP contribution in [0.4, 0.5) is 5.69 Å². The van der Waals surface area contributed by atoms with E-state index < -0.39 is 10.0 Å². The number of sulfonamides is 1. The molecule has 0 saturated carbocycles. The Morgan fingerprint density at radius 2 is 1.68 bits per heavy atom. The molecule has 0 amide bonds. The Bertz CT molecular complexity index is 920. The number of thiocarbonyl (C=S) groups is 1. The summed E-state index contributed by atoms with van der Waals surface area (Å²) in [6.45, 7) is 4.48. The lowest BCUT2D eigenvalue weighted by atomic mass is 10.2. The summed E-state index contributed by atoms with van der Waals surface area (Å²) in [6.07, 6.45) is 4.33. The molecule has 0 unspecified atom stereocenters. The van der Waals surface area contributed by atoms with E-state index >= 15 is 0 Å². The van der Waals surface area contributed by atoms with Crippen molar-refractivity contribution in [3.8, 4) is 0 Å². The summed E-state index contributed by atoms with van der Waals surface area (Å²) >= 11 is 5.49. The molecule has 28 heavy (non-hydrogen) atoms. The van der Waals surface area contributed by atoms with Crippen molar-refractivity contribution in [3.05, 3.63) is 66.2 Å². The van der Waals surface area contributed by atoms with Crippen molar-refractivity contribution in [2.75, 3.05) is 38.0 Å². The summed E-state index contributed by atoms with van der Waals surface area (Å²) in [5, 5.41) is 8.91. The third-order valence-corrected chi connectivity index (χ3v) is 5.86. The van der Waals surface area contributed by atoms with Gasteiger partial charge in [-0.25, -0.2) is 13.6 Å². The first-order chi connectivity index (χ1) is 13.4. The average molecular weight is 417 g/mol. The lowest BCUT2D eigenvalue weighted by Gasteiger charge is -2.35. The molecule has 3 N–H and O–H groups in total. The van der Waals surface area contributed by atoms with Crippen LogP contribution in [-0.2, 0) is 10.0 Å².